The fraction of sp³-hybridized carbons (Fsp3) is 0.571. The van der Waals surface area contributed by atoms with Crippen molar-refractivity contribution in [3.8, 4) is 0 Å². The zero-order valence-electron chi connectivity index (χ0n) is 5.98. The minimum Gasteiger partial charge on any atom is -0.493 e. The smallest absolute Gasteiger partial charge is 0.141 e. The minimum atomic E-state index is 0.229. The maximum atomic E-state index is 5.36. The summed E-state index contributed by atoms with van der Waals surface area (Å²) < 4.78 is 4.92. The predicted molar refractivity (Wildman–Crippen MR) is 37.9 cm³/mol. The van der Waals surface area contributed by atoms with Crippen molar-refractivity contribution in [3.05, 3.63) is 18.1 Å². The molecule has 0 radical (unpaired) electrons. The summed E-state index contributed by atoms with van der Waals surface area (Å²) in [5.41, 5.74) is 8.02. The highest BCUT2D eigenvalue weighted by Gasteiger charge is 2.03. The Labute approximate surface area is 56.0 Å². The SMILES string of the molecule is C=C=C(OC)C(C)CN. The first-order valence-electron chi connectivity index (χ1n) is 2.90. The summed E-state index contributed by atoms with van der Waals surface area (Å²) in [5.74, 6) is 0.963. The van der Waals surface area contributed by atoms with Gasteiger partial charge in [0, 0.05) is 12.5 Å². The van der Waals surface area contributed by atoms with E-state index in [9.17, 15) is 0 Å². The van der Waals surface area contributed by atoms with Gasteiger partial charge in [-0.1, -0.05) is 19.2 Å². The van der Waals surface area contributed by atoms with Gasteiger partial charge in [0.1, 0.15) is 5.76 Å². The molecule has 0 saturated carbocycles. The second-order valence-corrected chi connectivity index (χ2v) is 1.88. The molecule has 0 amide bonds. The topological polar surface area (TPSA) is 35.2 Å². The predicted octanol–water partition coefficient (Wildman–Crippen LogP) is 0.896. The highest BCUT2D eigenvalue weighted by Crippen LogP contribution is 2.05. The van der Waals surface area contributed by atoms with Gasteiger partial charge in [-0.15, -0.1) is 0 Å². The maximum Gasteiger partial charge on any atom is 0.141 e. The first kappa shape index (κ1) is 8.28. The third-order valence-electron chi connectivity index (χ3n) is 1.20. The summed E-state index contributed by atoms with van der Waals surface area (Å²) in [6, 6.07) is 0. The monoisotopic (exact) mass is 127 g/mol. The van der Waals surface area contributed by atoms with Gasteiger partial charge in [0.05, 0.1) is 7.11 Å². The lowest BCUT2D eigenvalue weighted by atomic mass is 10.1. The molecular formula is C7H13NO. The van der Waals surface area contributed by atoms with E-state index in [2.05, 4.69) is 12.3 Å². The van der Waals surface area contributed by atoms with Gasteiger partial charge in [-0.25, -0.2) is 0 Å². The van der Waals surface area contributed by atoms with Crippen molar-refractivity contribution in [3.63, 3.8) is 0 Å². The Morgan fingerprint density at radius 3 is 2.56 bits per heavy atom. The summed E-state index contributed by atoms with van der Waals surface area (Å²) >= 11 is 0. The molecule has 0 aliphatic rings. The zero-order chi connectivity index (χ0) is 7.28. The molecule has 0 fully saturated rings. The average Bonchev–Trinajstić information content (AvgIpc) is 1.90. The maximum absolute atomic E-state index is 5.36. The summed E-state index contributed by atoms with van der Waals surface area (Å²) in [7, 11) is 1.60. The molecule has 0 bridgehead atoms. The van der Waals surface area contributed by atoms with Crippen molar-refractivity contribution in [2.45, 2.75) is 6.92 Å². The Hall–Kier alpha value is -0.720. The highest BCUT2D eigenvalue weighted by molar-refractivity contribution is 4.93. The van der Waals surface area contributed by atoms with E-state index < -0.39 is 0 Å². The van der Waals surface area contributed by atoms with E-state index in [0.29, 0.717) is 6.54 Å². The largest absolute Gasteiger partial charge is 0.493 e. The fourth-order valence-corrected chi connectivity index (χ4v) is 0.555. The van der Waals surface area contributed by atoms with Crippen LogP contribution in [0.1, 0.15) is 6.92 Å². The van der Waals surface area contributed by atoms with Crippen molar-refractivity contribution in [2.75, 3.05) is 13.7 Å². The summed E-state index contributed by atoms with van der Waals surface area (Å²) in [4.78, 5) is 0. The van der Waals surface area contributed by atoms with Crippen LogP contribution in [0.3, 0.4) is 0 Å². The van der Waals surface area contributed by atoms with E-state index in [1.165, 1.54) is 0 Å². The second kappa shape index (κ2) is 4.19. The lowest BCUT2D eigenvalue weighted by Crippen LogP contribution is -2.13. The third kappa shape index (κ3) is 2.36. The van der Waals surface area contributed by atoms with Crippen LogP contribution in [0.5, 0.6) is 0 Å². The lowest BCUT2D eigenvalue weighted by Gasteiger charge is -2.08. The van der Waals surface area contributed by atoms with Crippen molar-refractivity contribution >= 4 is 0 Å². The van der Waals surface area contributed by atoms with Crippen molar-refractivity contribution in [1.82, 2.24) is 0 Å². The Balaban J connectivity index is 3.96. The molecule has 0 aliphatic heterocycles. The normalized spacial score (nSPS) is 11.9. The molecule has 0 saturated heterocycles. The third-order valence-corrected chi connectivity index (χ3v) is 1.20. The van der Waals surface area contributed by atoms with Crippen LogP contribution in [0.2, 0.25) is 0 Å². The fourth-order valence-electron chi connectivity index (χ4n) is 0.555. The van der Waals surface area contributed by atoms with Crippen LogP contribution in [0.25, 0.3) is 0 Å². The highest BCUT2D eigenvalue weighted by atomic mass is 16.5. The molecular weight excluding hydrogens is 114 g/mol. The molecule has 0 aromatic heterocycles. The van der Waals surface area contributed by atoms with Crippen LogP contribution in [0.15, 0.2) is 18.1 Å². The van der Waals surface area contributed by atoms with Gasteiger partial charge in [-0.3, -0.25) is 0 Å². The number of hydrogen-bond acceptors (Lipinski definition) is 2. The van der Waals surface area contributed by atoms with Gasteiger partial charge < -0.3 is 10.5 Å². The average molecular weight is 127 g/mol. The van der Waals surface area contributed by atoms with Crippen molar-refractivity contribution in [1.29, 1.82) is 0 Å². The van der Waals surface area contributed by atoms with Gasteiger partial charge in [0.25, 0.3) is 0 Å². The van der Waals surface area contributed by atoms with Crippen LogP contribution in [-0.4, -0.2) is 13.7 Å². The summed E-state index contributed by atoms with van der Waals surface area (Å²) in [6.07, 6.45) is 0. The Kier molecular flexibility index (Phi) is 3.85. The molecule has 1 atom stereocenters. The first-order valence-corrected chi connectivity index (χ1v) is 2.90. The standard InChI is InChI=1S/C7H13NO/c1-4-7(9-3)6(2)5-8/h6H,1,5,8H2,2-3H3. The molecule has 0 aromatic carbocycles. The number of methoxy groups -OCH3 is 1. The van der Waals surface area contributed by atoms with Crippen LogP contribution in [0.4, 0.5) is 0 Å². The zero-order valence-corrected chi connectivity index (χ0v) is 5.98. The molecule has 2 N–H and O–H groups in total. The Morgan fingerprint density at radius 1 is 1.89 bits per heavy atom. The lowest BCUT2D eigenvalue weighted by molar-refractivity contribution is 0.251. The molecule has 0 heterocycles. The second-order valence-electron chi connectivity index (χ2n) is 1.88. The minimum absolute atomic E-state index is 0.229. The molecule has 2 heteroatoms. The van der Waals surface area contributed by atoms with Crippen LogP contribution < -0.4 is 5.73 Å². The number of nitrogens with two attached hydrogens (primary N) is 1. The first-order chi connectivity index (χ1) is 4.26. The number of rotatable bonds is 3. The van der Waals surface area contributed by atoms with Crippen LogP contribution in [-0.2, 0) is 4.74 Å². The number of ether oxygens (including phenoxy) is 1. The Morgan fingerprint density at radius 2 is 2.44 bits per heavy atom. The van der Waals surface area contributed by atoms with Crippen molar-refractivity contribution in [2.24, 2.45) is 11.7 Å². The van der Waals surface area contributed by atoms with Gasteiger partial charge >= 0.3 is 0 Å². The van der Waals surface area contributed by atoms with Crippen molar-refractivity contribution < 1.29 is 4.74 Å². The van der Waals surface area contributed by atoms with Crippen LogP contribution >= 0.6 is 0 Å². The quantitative estimate of drug-likeness (QED) is 0.451. The molecule has 1 unspecified atom stereocenters. The molecule has 9 heavy (non-hydrogen) atoms. The van der Waals surface area contributed by atoms with Gasteiger partial charge in [-0.2, -0.15) is 0 Å². The van der Waals surface area contributed by atoms with Crippen LogP contribution in [0, 0.1) is 5.92 Å². The number of hydrogen-bond donors (Lipinski definition) is 1. The molecule has 0 rings (SSSR count). The van der Waals surface area contributed by atoms with E-state index >= 15 is 0 Å². The van der Waals surface area contributed by atoms with Gasteiger partial charge in [0.15, 0.2) is 0 Å². The van der Waals surface area contributed by atoms with E-state index in [4.69, 9.17) is 10.5 Å². The van der Waals surface area contributed by atoms with E-state index in [-0.39, 0.29) is 5.92 Å². The molecule has 0 spiro atoms. The van der Waals surface area contributed by atoms with E-state index in [0.717, 1.165) is 5.76 Å². The summed E-state index contributed by atoms with van der Waals surface area (Å²) in [6.45, 7) is 6.00. The summed E-state index contributed by atoms with van der Waals surface area (Å²) in [5, 5.41) is 0. The van der Waals surface area contributed by atoms with Gasteiger partial charge in [-0.05, 0) is 0 Å². The molecule has 0 aliphatic carbocycles. The van der Waals surface area contributed by atoms with E-state index in [1.807, 2.05) is 6.92 Å². The molecule has 0 aromatic rings. The Bertz CT molecular complexity index is 125. The molecule has 52 valence electrons. The molecule has 2 nitrogen and oxygen atoms in total. The van der Waals surface area contributed by atoms with Gasteiger partial charge in [0.2, 0.25) is 0 Å². The van der Waals surface area contributed by atoms with E-state index in [1.54, 1.807) is 7.11 Å².